The van der Waals surface area contributed by atoms with Crippen LogP contribution in [0.3, 0.4) is 0 Å². The van der Waals surface area contributed by atoms with Gasteiger partial charge in [0.15, 0.2) is 0 Å². The summed E-state index contributed by atoms with van der Waals surface area (Å²) in [6, 6.07) is 4.03. The molecular formula is C16H19BrO. The van der Waals surface area contributed by atoms with Crippen LogP contribution in [0.5, 0.6) is 5.75 Å². The Bertz CT molecular complexity index is 468. The predicted molar refractivity (Wildman–Crippen MR) is 82.0 cm³/mol. The number of hydrogen-bond acceptors (Lipinski definition) is 1. The highest BCUT2D eigenvalue weighted by atomic mass is 79.9. The molecule has 0 saturated heterocycles. The van der Waals surface area contributed by atoms with Crippen molar-refractivity contribution in [3.05, 3.63) is 52.2 Å². The maximum absolute atomic E-state index is 5.79. The first-order chi connectivity index (χ1) is 8.70. The molecule has 1 aromatic carbocycles. The Morgan fingerprint density at radius 2 is 2.22 bits per heavy atom. The summed E-state index contributed by atoms with van der Waals surface area (Å²) >= 11 is 3.56. The quantitative estimate of drug-likeness (QED) is 0.394. The fraction of sp³-hybridized carbons (Fsp3) is 0.312. The maximum atomic E-state index is 5.79. The Labute approximate surface area is 118 Å². The van der Waals surface area contributed by atoms with Gasteiger partial charge in [-0.3, -0.25) is 0 Å². The van der Waals surface area contributed by atoms with Gasteiger partial charge in [0.1, 0.15) is 5.75 Å². The molecule has 0 fully saturated rings. The molecule has 0 spiro atoms. The summed E-state index contributed by atoms with van der Waals surface area (Å²) in [4.78, 5) is 0. The molecule has 18 heavy (non-hydrogen) atoms. The van der Waals surface area contributed by atoms with Crippen molar-refractivity contribution in [2.24, 2.45) is 0 Å². The third kappa shape index (κ3) is 4.21. The molecule has 0 aliphatic heterocycles. The second-order valence-corrected chi connectivity index (χ2v) is 4.87. The van der Waals surface area contributed by atoms with Gasteiger partial charge in [0.05, 0.1) is 6.61 Å². The van der Waals surface area contributed by atoms with Crippen molar-refractivity contribution < 1.29 is 4.74 Å². The number of rotatable bonds is 6. The van der Waals surface area contributed by atoms with Crippen LogP contribution in [0, 0.1) is 6.92 Å². The highest BCUT2D eigenvalue weighted by molar-refractivity contribution is 9.10. The van der Waals surface area contributed by atoms with E-state index in [0.29, 0.717) is 0 Å². The van der Waals surface area contributed by atoms with Gasteiger partial charge in [-0.2, -0.15) is 0 Å². The minimum Gasteiger partial charge on any atom is -0.493 e. The Hall–Kier alpha value is -1.24. The van der Waals surface area contributed by atoms with Crippen LogP contribution in [0.25, 0.3) is 6.08 Å². The molecule has 96 valence electrons. The molecule has 0 radical (unpaired) electrons. The van der Waals surface area contributed by atoms with Crippen LogP contribution < -0.4 is 4.74 Å². The summed E-state index contributed by atoms with van der Waals surface area (Å²) in [6.45, 7) is 8.54. The molecular weight excluding hydrogens is 288 g/mol. The lowest BCUT2D eigenvalue weighted by molar-refractivity contribution is 0.307. The van der Waals surface area contributed by atoms with Crippen molar-refractivity contribution in [3.8, 4) is 5.75 Å². The number of hydrogen-bond donors (Lipinski definition) is 0. The molecule has 0 aliphatic rings. The van der Waals surface area contributed by atoms with Gasteiger partial charge in [0.2, 0.25) is 0 Å². The van der Waals surface area contributed by atoms with Crippen LogP contribution in [-0.2, 0) is 0 Å². The molecule has 0 unspecified atom stereocenters. The third-order valence-corrected chi connectivity index (χ3v) is 3.34. The number of benzene rings is 1. The topological polar surface area (TPSA) is 9.23 Å². The van der Waals surface area contributed by atoms with Crippen LogP contribution in [0.15, 0.2) is 41.1 Å². The standard InChI is InChI=1S/C16H19BrO/c1-4-6-8-9-14-13(3)16(11-10-15(14)17)18-12-7-5-2/h6,8-11H,1,5,7,12H2,2-3H3/b9-8-. The lowest BCUT2D eigenvalue weighted by atomic mass is 10.1. The number of allylic oxidation sites excluding steroid dienone is 2. The van der Waals surface area contributed by atoms with E-state index in [0.717, 1.165) is 40.8 Å². The fourth-order valence-electron chi connectivity index (χ4n) is 1.58. The molecule has 0 aliphatic carbocycles. The summed E-state index contributed by atoms with van der Waals surface area (Å²) in [5, 5.41) is 0. The zero-order valence-corrected chi connectivity index (χ0v) is 12.6. The van der Waals surface area contributed by atoms with Gasteiger partial charge in [-0.15, -0.1) is 5.73 Å². The van der Waals surface area contributed by atoms with Gasteiger partial charge in [-0.1, -0.05) is 48.0 Å². The van der Waals surface area contributed by atoms with Crippen LogP contribution >= 0.6 is 15.9 Å². The SMILES string of the molecule is C=C=C/C=C\c1c(Br)ccc(OCCCC)c1C. The van der Waals surface area contributed by atoms with E-state index < -0.39 is 0 Å². The maximum Gasteiger partial charge on any atom is 0.122 e. The molecule has 2 heteroatoms. The van der Waals surface area contributed by atoms with E-state index in [1.54, 1.807) is 6.08 Å². The van der Waals surface area contributed by atoms with E-state index in [9.17, 15) is 0 Å². The van der Waals surface area contributed by atoms with Crippen LogP contribution in [-0.4, -0.2) is 6.61 Å². The molecule has 0 atom stereocenters. The zero-order valence-electron chi connectivity index (χ0n) is 11.0. The average Bonchev–Trinajstić information content (AvgIpc) is 2.36. The molecule has 0 aromatic heterocycles. The molecule has 0 bridgehead atoms. The molecule has 1 aromatic rings. The minimum absolute atomic E-state index is 0.773. The van der Waals surface area contributed by atoms with E-state index in [-0.39, 0.29) is 0 Å². The Balaban J connectivity index is 2.95. The van der Waals surface area contributed by atoms with Gasteiger partial charge in [0.25, 0.3) is 0 Å². The Morgan fingerprint density at radius 3 is 2.89 bits per heavy atom. The van der Waals surface area contributed by atoms with E-state index in [2.05, 4.69) is 42.1 Å². The number of ether oxygens (including phenoxy) is 1. The summed E-state index contributed by atoms with van der Waals surface area (Å²) in [5.41, 5.74) is 5.01. The summed E-state index contributed by atoms with van der Waals surface area (Å²) in [6.07, 6.45) is 7.98. The van der Waals surface area contributed by atoms with Crippen LogP contribution in [0.4, 0.5) is 0 Å². The van der Waals surface area contributed by atoms with Crippen LogP contribution in [0.1, 0.15) is 30.9 Å². The van der Waals surface area contributed by atoms with Crippen molar-refractivity contribution in [1.82, 2.24) is 0 Å². The monoisotopic (exact) mass is 306 g/mol. The molecule has 0 heterocycles. The smallest absolute Gasteiger partial charge is 0.122 e. The van der Waals surface area contributed by atoms with E-state index in [1.807, 2.05) is 24.3 Å². The second-order valence-electron chi connectivity index (χ2n) is 4.02. The zero-order chi connectivity index (χ0) is 13.4. The molecule has 0 saturated carbocycles. The molecule has 0 N–H and O–H groups in total. The first-order valence-corrected chi connectivity index (χ1v) is 6.94. The molecule has 0 amide bonds. The van der Waals surface area contributed by atoms with Gasteiger partial charge >= 0.3 is 0 Å². The highest BCUT2D eigenvalue weighted by Gasteiger charge is 2.06. The normalized spacial score (nSPS) is 10.4. The van der Waals surface area contributed by atoms with Crippen molar-refractivity contribution in [1.29, 1.82) is 0 Å². The Morgan fingerprint density at radius 1 is 1.44 bits per heavy atom. The average molecular weight is 307 g/mol. The Kier molecular flexibility index (Phi) is 6.56. The lowest BCUT2D eigenvalue weighted by Crippen LogP contribution is -1.99. The predicted octanol–water partition coefficient (Wildman–Crippen LogP) is 5.29. The lowest BCUT2D eigenvalue weighted by Gasteiger charge is -2.12. The highest BCUT2D eigenvalue weighted by Crippen LogP contribution is 2.29. The molecule has 1 rings (SSSR count). The van der Waals surface area contributed by atoms with E-state index >= 15 is 0 Å². The molecule has 1 nitrogen and oxygen atoms in total. The largest absolute Gasteiger partial charge is 0.493 e. The number of unbranched alkanes of at least 4 members (excludes halogenated alkanes) is 1. The van der Waals surface area contributed by atoms with E-state index in [1.165, 1.54) is 0 Å². The van der Waals surface area contributed by atoms with Gasteiger partial charge < -0.3 is 4.74 Å². The third-order valence-electron chi connectivity index (χ3n) is 2.64. The first-order valence-electron chi connectivity index (χ1n) is 6.15. The van der Waals surface area contributed by atoms with Crippen LogP contribution in [0.2, 0.25) is 0 Å². The van der Waals surface area contributed by atoms with Crippen molar-refractivity contribution >= 4 is 22.0 Å². The van der Waals surface area contributed by atoms with Gasteiger partial charge in [-0.05, 0) is 42.7 Å². The minimum atomic E-state index is 0.773. The van der Waals surface area contributed by atoms with Crippen molar-refractivity contribution in [2.45, 2.75) is 26.7 Å². The van der Waals surface area contributed by atoms with Crippen molar-refractivity contribution in [3.63, 3.8) is 0 Å². The fourth-order valence-corrected chi connectivity index (χ4v) is 2.14. The number of halogens is 1. The summed E-state index contributed by atoms with van der Waals surface area (Å²) in [5.74, 6) is 0.953. The van der Waals surface area contributed by atoms with E-state index in [4.69, 9.17) is 4.74 Å². The second kappa shape index (κ2) is 7.97. The summed E-state index contributed by atoms with van der Waals surface area (Å²) < 4.78 is 6.85. The van der Waals surface area contributed by atoms with Crippen molar-refractivity contribution in [2.75, 3.05) is 6.61 Å². The first kappa shape index (κ1) is 14.8. The van der Waals surface area contributed by atoms with Gasteiger partial charge in [0, 0.05) is 4.47 Å². The summed E-state index contributed by atoms with van der Waals surface area (Å²) in [7, 11) is 0. The van der Waals surface area contributed by atoms with Gasteiger partial charge in [-0.25, -0.2) is 0 Å².